The highest BCUT2D eigenvalue weighted by molar-refractivity contribution is 6.12. The molecule has 0 unspecified atom stereocenters. The average molecular weight is 226 g/mol. The van der Waals surface area contributed by atoms with Crippen molar-refractivity contribution in [3.63, 3.8) is 0 Å². The summed E-state index contributed by atoms with van der Waals surface area (Å²) < 4.78 is 5.37. The summed E-state index contributed by atoms with van der Waals surface area (Å²) in [7, 11) is 0. The molecule has 0 spiro atoms. The van der Waals surface area contributed by atoms with Crippen molar-refractivity contribution in [2.24, 2.45) is 0 Å². The van der Waals surface area contributed by atoms with Gasteiger partial charge in [-0.3, -0.25) is 4.79 Å². The van der Waals surface area contributed by atoms with Gasteiger partial charge >= 0.3 is 0 Å². The third kappa shape index (κ3) is 1.85. The minimum atomic E-state index is 0.108. The molecule has 0 bridgehead atoms. The number of rotatable bonds is 0. The minimum absolute atomic E-state index is 0.108. The first kappa shape index (κ1) is 10.5. The lowest BCUT2D eigenvalue weighted by atomic mass is 9.87. The van der Waals surface area contributed by atoms with Crippen LogP contribution in [0.3, 0.4) is 0 Å². The molecule has 2 aliphatic rings. The quantitative estimate of drug-likeness (QED) is 0.679. The molecule has 0 aromatic heterocycles. The number of carbonyl (C=O) groups excluding carboxylic acids is 1. The van der Waals surface area contributed by atoms with Crippen molar-refractivity contribution >= 4 is 11.4 Å². The molecule has 86 valence electrons. The van der Waals surface area contributed by atoms with Gasteiger partial charge < -0.3 is 4.74 Å². The SMILES string of the molecule is O=C1C=CC(=C2CCOCC2)c2ccccc21. The Morgan fingerprint density at radius 2 is 1.65 bits per heavy atom. The molecule has 1 fully saturated rings. The first-order chi connectivity index (χ1) is 8.36. The Bertz CT molecular complexity index is 515. The van der Waals surface area contributed by atoms with Crippen LogP contribution in [0.15, 0.2) is 42.0 Å². The van der Waals surface area contributed by atoms with Gasteiger partial charge in [-0.15, -0.1) is 0 Å². The summed E-state index contributed by atoms with van der Waals surface area (Å²) in [6.07, 6.45) is 5.59. The number of ketones is 1. The van der Waals surface area contributed by atoms with E-state index in [0.717, 1.165) is 37.2 Å². The molecule has 0 N–H and O–H groups in total. The first-order valence-corrected chi connectivity index (χ1v) is 5.98. The molecule has 1 saturated heterocycles. The van der Waals surface area contributed by atoms with E-state index in [-0.39, 0.29) is 5.78 Å². The highest BCUT2D eigenvalue weighted by atomic mass is 16.5. The zero-order valence-corrected chi connectivity index (χ0v) is 9.61. The molecule has 0 saturated carbocycles. The number of carbonyl (C=O) groups is 1. The third-order valence-electron chi connectivity index (χ3n) is 3.36. The lowest BCUT2D eigenvalue weighted by Crippen LogP contribution is -2.12. The second kappa shape index (κ2) is 4.30. The number of hydrogen-bond donors (Lipinski definition) is 0. The summed E-state index contributed by atoms with van der Waals surface area (Å²) >= 11 is 0. The van der Waals surface area contributed by atoms with Gasteiger partial charge in [0.1, 0.15) is 0 Å². The monoisotopic (exact) mass is 226 g/mol. The second-order valence-corrected chi connectivity index (χ2v) is 4.37. The number of hydrogen-bond acceptors (Lipinski definition) is 2. The molecule has 2 heteroatoms. The Labute approximate surface area is 101 Å². The fraction of sp³-hybridized carbons (Fsp3) is 0.267. The number of fused-ring (bicyclic) bond motifs is 1. The van der Waals surface area contributed by atoms with E-state index < -0.39 is 0 Å². The molecular weight excluding hydrogens is 212 g/mol. The van der Waals surface area contributed by atoms with Crippen LogP contribution in [0, 0.1) is 0 Å². The molecule has 1 aromatic carbocycles. The Balaban J connectivity index is 2.13. The topological polar surface area (TPSA) is 26.3 Å². The summed E-state index contributed by atoms with van der Waals surface area (Å²) in [6.45, 7) is 1.59. The van der Waals surface area contributed by atoms with Gasteiger partial charge in [-0.1, -0.05) is 35.9 Å². The molecule has 1 heterocycles. The molecule has 0 atom stereocenters. The normalized spacial score (nSPS) is 19.4. The fourth-order valence-electron chi connectivity index (χ4n) is 2.47. The van der Waals surface area contributed by atoms with E-state index in [1.165, 1.54) is 11.1 Å². The number of ether oxygens (including phenoxy) is 1. The first-order valence-electron chi connectivity index (χ1n) is 5.98. The van der Waals surface area contributed by atoms with Crippen LogP contribution in [-0.2, 0) is 4.74 Å². The van der Waals surface area contributed by atoms with Gasteiger partial charge in [0.05, 0.1) is 13.2 Å². The van der Waals surface area contributed by atoms with Crippen LogP contribution in [0.25, 0.3) is 5.57 Å². The van der Waals surface area contributed by atoms with Crippen LogP contribution in [0.1, 0.15) is 28.8 Å². The molecular formula is C15H14O2. The van der Waals surface area contributed by atoms with Crippen LogP contribution in [0.2, 0.25) is 0 Å². The van der Waals surface area contributed by atoms with Gasteiger partial charge in [-0.2, -0.15) is 0 Å². The maximum Gasteiger partial charge on any atom is 0.186 e. The van der Waals surface area contributed by atoms with Crippen molar-refractivity contribution in [3.8, 4) is 0 Å². The Morgan fingerprint density at radius 1 is 0.941 bits per heavy atom. The third-order valence-corrected chi connectivity index (χ3v) is 3.36. The molecule has 1 aliphatic carbocycles. The van der Waals surface area contributed by atoms with Gasteiger partial charge in [0.15, 0.2) is 5.78 Å². The Morgan fingerprint density at radius 3 is 2.41 bits per heavy atom. The predicted octanol–water partition coefficient (Wildman–Crippen LogP) is 3.00. The van der Waals surface area contributed by atoms with Crippen molar-refractivity contribution in [2.45, 2.75) is 12.8 Å². The van der Waals surface area contributed by atoms with E-state index in [1.807, 2.05) is 30.3 Å². The van der Waals surface area contributed by atoms with Crippen molar-refractivity contribution in [2.75, 3.05) is 13.2 Å². The smallest absolute Gasteiger partial charge is 0.186 e. The van der Waals surface area contributed by atoms with Crippen LogP contribution in [0.5, 0.6) is 0 Å². The van der Waals surface area contributed by atoms with Gasteiger partial charge in [-0.25, -0.2) is 0 Å². The zero-order valence-electron chi connectivity index (χ0n) is 9.61. The lowest BCUT2D eigenvalue weighted by Gasteiger charge is -2.21. The van der Waals surface area contributed by atoms with Gasteiger partial charge in [0.2, 0.25) is 0 Å². The summed E-state index contributed by atoms with van der Waals surface area (Å²) in [6, 6.07) is 7.85. The summed E-state index contributed by atoms with van der Waals surface area (Å²) in [4.78, 5) is 11.8. The summed E-state index contributed by atoms with van der Waals surface area (Å²) in [5.41, 5.74) is 4.54. The maximum atomic E-state index is 11.8. The molecule has 17 heavy (non-hydrogen) atoms. The maximum absolute atomic E-state index is 11.8. The van der Waals surface area contributed by atoms with Crippen LogP contribution in [-0.4, -0.2) is 19.0 Å². The molecule has 0 radical (unpaired) electrons. The van der Waals surface area contributed by atoms with E-state index in [0.29, 0.717) is 0 Å². The Hall–Kier alpha value is -1.67. The molecule has 0 amide bonds. The van der Waals surface area contributed by atoms with Gasteiger partial charge in [-0.05, 0) is 30.1 Å². The van der Waals surface area contributed by atoms with Crippen molar-refractivity contribution in [1.29, 1.82) is 0 Å². The second-order valence-electron chi connectivity index (χ2n) is 4.37. The van der Waals surface area contributed by atoms with Gasteiger partial charge in [0.25, 0.3) is 0 Å². The zero-order chi connectivity index (χ0) is 11.7. The summed E-state index contributed by atoms with van der Waals surface area (Å²) in [5.74, 6) is 0.108. The van der Waals surface area contributed by atoms with E-state index >= 15 is 0 Å². The van der Waals surface area contributed by atoms with Crippen LogP contribution >= 0.6 is 0 Å². The van der Waals surface area contributed by atoms with E-state index in [1.54, 1.807) is 6.08 Å². The van der Waals surface area contributed by atoms with Crippen molar-refractivity contribution in [1.82, 2.24) is 0 Å². The molecule has 2 nitrogen and oxygen atoms in total. The molecule has 1 aromatic rings. The number of allylic oxidation sites excluding steroid dienone is 3. The van der Waals surface area contributed by atoms with E-state index in [2.05, 4.69) is 0 Å². The van der Waals surface area contributed by atoms with Crippen molar-refractivity contribution in [3.05, 3.63) is 53.1 Å². The average Bonchev–Trinajstić information content (AvgIpc) is 2.41. The minimum Gasteiger partial charge on any atom is -0.381 e. The standard InChI is InChI=1S/C15H14O2/c16-15-6-5-12(11-7-9-17-10-8-11)13-3-1-2-4-14(13)15/h1-6H,7-10H2. The largest absolute Gasteiger partial charge is 0.381 e. The van der Waals surface area contributed by atoms with Gasteiger partial charge in [0, 0.05) is 5.56 Å². The highest BCUT2D eigenvalue weighted by Crippen LogP contribution is 2.32. The Kier molecular flexibility index (Phi) is 2.65. The van der Waals surface area contributed by atoms with Crippen LogP contribution < -0.4 is 0 Å². The summed E-state index contributed by atoms with van der Waals surface area (Å²) in [5, 5.41) is 0. The predicted molar refractivity (Wildman–Crippen MR) is 66.9 cm³/mol. The fourth-order valence-corrected chi connectivity index (χ4v) is 2.47. The van der Waals surface area contributed by atoms with E-state index in [4.69, 9.17) is 4.74 Å². The lowest BCUT2D eigenvalue weighted by molar-refractivity contribution is 0.104. The number of benzene rings is 1. The van der Waals surface area contributed by atoms with Crippen molar-refractivity contribution < 1.29 is 9.53 Å². The van der Waals surface area contributed by atoms with E-state index in [9.17, 15) is 4.79 Å². The molecule has 3 rings (SSSR count). The molecule has 1 aliphatic heterocycles. The highest BCUT2D eigenvalue weighted by Gasteiger charge is 2.19. The van der Waals surface area contributed by atoms with Crippen LogP contribution in [0.4, 0.5) is 0 Å².